The average molecular weight is 443 g/mol. The van der Waals surface area contributed by atoms with Gasteiger partial charge in [-0.3, -0.25) is 0 Å². The number of imidazole rings is 1. The molecule has 4 rings (SSSR count). The molecule has 2 aromatic heterocycles. The molecule has 0 unspecified atom stereocenters. The molecule has 0 aliphatic heterocycles. The van der Waals surface area contributed by atoms with E-state index in [2.05, 4.69) is 51.9 Å². The zero-order chi connectivity index (χ0) is 21.1. The summed E-state index contributed by atoms with van der Waals surface area (Å²) in [7, 11) is 0. The lowest BCUT2D eigenvalue weighted by Gasteiger charge is -2.11. The maximum absolute atomic E-state index is 6.40. The van der Waals surface area contributed by atoms with Crippen molar-refractivity contribution in [3.05, 3.63) is 41.2 Å². The van der Waals surface area contributed by atoms with Crippen LogP contribution in [-0.4, -0.2) is 32.1 Å². The van der Waals surface area contributed by atoms with E-state index in [-0.39, 0.29) is 0 Å². The van der Waals surface area contributed by atoms with Crippen molar-refractivity contribution in [1.82, 2.24) is 24.8 Å². The molecular weight excluding hydrogens is 416 g/mol. The van der Waals surface area contributed by atoms with E-state index in [1.165, 1.54) is 19.2 Å². The fourth-order valence-electron chi connectivity index (χ4n) is 3.22. The van der Waals surface area contributed by atoms with E-state index in [1.807, 2.05) is 12.1 Å². The van der Waals surface area contributed by atoms with Crippen LogP contribution >= 0.6 is 23.4 Å². The summed E-state index contributed by atoms with van der Waals surface area (Å²) in [6, 6.07) is 6.58. The molecule has 30 heavy (non-hydrogen) atoms. The largest absolute Gasteiger partial charge is 0.382 e. The molecule has 1 aromatic carbocycles. The lowest BCUT2D eigenvalue weighted by atomic mass is 10.2. The number of benzene rings is 1. The van der Waals surface area contributed by atoms with E-state index in [0.717, 1.165) is 51.7 Å². The molecule has 0 spiro atoms. The number of nitrogens with two attached hydrogens (primary N) is 1. The van der Waals surface area contributed by atoms with Gasteiger partial charge in [-0.2, -0.15) is 0 Å². The maximum atomic E-state index is 6.40. The third-order valence-corrected chi connectivity index (χ3v) is 6.11. The first-order valence-electron chi connectivity index (χ1n) is 10.4. The Labute approximate surface area is 186 Å². The van der Waals surface area contributed by atoms with Crippen LogP contribution < -0.4 is 11.1 Å². The number of aromatic nitrogens is 4. The second kappa shape index (κ2) is 9.37. The van der Waals surface area contributed by atoms with Crippen LogP contribution in [0.15, 0.2) is 40.7 Å². The first-order chi connectivity index (χ1) is 14.5. The van der Waals surface area contributed by atoms with Gasteiger partial charge in [0.15, 0.2) is 22.1 Å². The molecule has 1 aliphatic rings. The SMILES string of the molecule is CC(C)NCCCn1c(Sc2cc(Cl)cc(C=CC3CC3)c2)nc2c(N)ncnc21. The lowest BCUT2D eigenvalue weighted by molar-refractivity contribution is 0.525. The molecule has 0 amide bonds. The molecule has 158 valence electrons. The van der Waals surface area contributed by atoms with Crippen LogP contribution in [0.1, 0.15) is 38.7 Å². The Bertz CT molecular complexity index is 1060. The summed E-state index contributed by atoms with van der Waals surface area (Å²) in [5, 5.41) is 5.03. The first-order valence-corrected chi connectivity index (χ1v) is 11.6. The monoisotopic (exact) mass is 442 g/mol. The van der Waals surface area contributed by atoms with E-state index in [0.29, 0.717) is 17.4 Å². The van der Waals surface area contributed by atoms with Gasteiger partial charge in [0, 0.05) is 22.5 Å². The minimum Gasteiger partial charge on any atom is -0.382 e. The summed E-state index contributed by atoms with van der Waals surface area (Å²) in [4.78, 5) is 14.4. The van der Waals surface area contributed by atoms with E-state index in [9.17, 15) is 0 Å². The topological polar surface area (TPSA) is 81.7 Å². The Balaban J connectivity index is 1.61. The van der Waals surface area contributed by atoms with Gasteiger partial charge in [0.05, 0.1) is 0 Å². The van der Waals surface area contributed by atoms with Gasteiger partial charge in [-0.05, 0) is 55.5 Å². The minimum absolute atomic E-state index is 0.403. The number of hydrogen-bond acceptors (Lipinski definition) is 6. The zero-order valence-corrected chi connectivity index (χ0v) is 18.9. The van der Waals surface area contributed by atoms with E-state index >= 15 is 0 Å². The number of hydrogen-bond donors (Lipinski definition) is 2. The quantitative estimate of drug-likeness (QED) is 0.452. The molecule has 6 nitrogen and oxygen atoms in total. The van der Waals surface area contributed by atoms with Gasteiger partial charge < -0.3 is 15.6 Å². The Kier molecular flexibility index (Phi) is 6.61. The highest BCUT2D eigenvalue weighted by Gasteiger charge is 2.18. The van der Waals surface area contributed by atoms with E-state index < -0.39 is 0 Å². The normalized spacial score (nSPS) is 14.4. The first kappa shape index (κ1) is 21.2. The summed E-state index contributed by atoms with van der Waals surface area (Å²) in [5.41, 5.74) is 8.60. The highest BCUT2D eigenvalue weighted by Crippen LogP contribution is 2.34. The summed E-state index contributed by atoms with van der Waals surface area (Å²) in [5.74, 6) is 1.13. The van der Waals surface area contributed by atoms with Gasteiger partial charge in [-0.15, -0.1) is 0 Å². The summed E-state index contributed by atoms with van der Waals surface area (Å²) in [6.07, 6.45) is 9.47. The van der Waals surface area contributed by atoms with Gasteiger partial charge in [0.25, 0.3) is 0 Å². The van der Waals surface area contributed by atoms with Gasteiger partial charge in [0.1, 0.15) is 6.33 Å². The second-order valence-corrected chi connectivity index (χ2v) is 9.44. The third kappa shape index (κ3) is 5.33. The molecule has 0 radical (unpaired) electrons. The smallest absolute Gasteiger partial charge is 0.175 e. The van der Waals surface area contributed by atoms with Crippen molar-refractivity contribution in [2.24, 2.45) is 5.92 Å². The molecule has 1 saturated carbocycles. The summed E-state index contributed by atoms with van der Waals surface area (Å²) < 4.78 is 2.13. The second-order valence-electron chi connectivity index (χ2n) is 7.96. The molecule has 2 heterocycles. The average Bonchev–Trinajstić information content (AvgIpc) is 3.46. The van der Waals surface area contributed by atoms with Crippen LogP contribution in [0.3, 0.4) is 0 Å². The third-order valence-electron chi connectivity index (χ3n) is 4.92. The fourth-order valence-corrected chi connectivity index (χ4v) is 4.55. The highest BCUT2D eigenvalue weighted by atomic mass is 35.5. The molecule has 1 aliphatic carbocycles. The van der Waals surface area contributed by atoms with Gasteiger partial charge in [-0.25, -0.2) is 15.0 Å². The summed E-state index contributed by atoms with van der Waals surface area (Å²) in [6.45, 7) is 6.02. The number of nitrogens with one attached hydrogen (secondary N) is 1. The van der Waals surface area contributed by atoms with Crippen molar-refractivity contribution in [2.45, 2.75) is 55.7 Å². The molecule has 0 atom stereocenters. The van der Waals surface area contributed by atoms with Crippen molar-refractivity contribution in [3.8, 4) is 0 Å². The number of aryl methyl sites for hydroxylation is 1. The molecule has 0 bridgehead atoms. The number of nitrogen functional groups attached to an aromatic ring is 1. The molecule has 0 saturated heterocycles. The van der Waals surface area contributed by atoms with Crippen molar-refractivity contribution in [1.29, 1.82) is 0 Å². The molecule has 3 N–H and O–H groups in total. The predicted molar refractivity (Wildman–Crippen MR) is 125 cm³/mol. The van der Waals surface area contributed by atoms with Gasteiger partial charge in [0.2, 0.25) is 0 Å². The number of anilines is 1. The lowest BCUT2D eigenvalue weighted by Crippen LogP contribution is -2.24. The molecule has 8 heteroatoms. The van der Waals surface area contributed by atoms with E-state index in [4.69, 9.17) is 22.3 Å². The standard InChI is InChI=1S/C22H27ClN6S/c1-14(2)25-8-3-9-29-21-19(20(24)26-13-27-21)28-22(29)30-18-11-16(10-17(23)12-18)7-6-15-4-5-15/h6-7,10-15,25H,3-5,8-9H2,1-2H3,(H2,24,26,27). The van der Waals surface area contributed by atoms with E-state index in [1.54, 1.807) is 11.8 Å². The minimum atomic E-state index is 0.403. The number of nitrogens with zero attached hydrogens (tertiary/aromatic N) is 4. The molecule has 3 aromatic rings. The van der Waals surface area contributed by atoms with Crippen LogP contribution in [0.4, 0.5) is 5.82 Å². The van der Waals surface area contributed by atoms with Crippen molar-refractivity contribution < 1.29 is 0 Å². The van der Waals surface area contributed by atoms with Crippen LogP contribution in [0, 0.1) is 5.92 Å². The maximum Gasteiger partial charge on any atom is 0.175 e. The number of rotatable bonds is 9. The van der Waals surface area contributed by atoms with Crippen LogP contribution in [0.5, 0.6) is 0 Å². The number of halogens is 1. The van der Waals surface area contributed by atoms with Crippen molar-refractivity contribution >= 4 is 46.4 Å². The van der Waals surface area contributed by atoms with Gasteiger partial charge >= 0.3 is 0 Å². The van der Waals surface area contributed by atoms with Crippen LogP contribution in [0.2, 0.25) is 5.02 Å². The Morgan fingerprint density at radius 3 is 2.90 bits per heavy atom. The predicted octanol–water partition coefficient (Wildman–Crippen LogP) is 5.02. The Morgan fingerprint density at radius 2 is 2.13 bits per heavy atom. The Morgan fingerprint density at radius 1 is 1.30 bits per heavy atom. The molecule has 1 fully saturated rings. The zero-order valence-electron chi connectivity index (χ0n) is 17.3. The summed E-state index contributed by atoms with van der Waals surface area (Å²) >= 11 is 7.98. The van der Waals surface area contributed by atoms with Crippen molar-refractivity contribution in [3.63, 3.8) is 0 Å². The van der Waals surface area contributed by atoms with Gasteiger partial charge in [-0.1, -0.05) is 49.4 Å². The Hall–Kier alpha value is -2.09. The van der Waals surface area contributed by atoms with Crippen LogP contribution in [0.25, 0.3) is 17.2 Å². The number of fused-ring (bicyclic) bond motifs is 1. The number of allylic oxidation sites excluding steroid dienone is 1. The fraction of sp³-hybridized carbons (Fsp3) is 0.409. The molecular formula is C22H27ClN6S. The van der Waals surface area contributed by atoms with Crippen molar-refractivity contribution in [2.75, 3.05) is 12.3 Å². The van der Waals surface area contributed by atoms with Crippen LogP contribution in [-0.2, 0) is 6.54 Å². The highest BCUT2D eigenvalue weighted by molar-refractivity contribution is 7.99.